The monoisotopic (exact) mass is 367 g/mol. The second-order valence-electron chi connectivity index (χ2n) is 5.00. The number of sulfonamides is 1. The average Bonchev–Trinajstić information content (AvgIpc) is 2.46. The zero-order chi connectivity index (χ0) is 15.3. The molecule has 5 heteroatoms. The fourth-order valence-corrected chi connectivity index (χ4v) is 3.93. The molecule has 0 aliphatic rings. The van der Waals surface area contributed by atoms with Crippen molar-refractivity contribution in [3.05, 3.63) is 64.6 Å². The second kappa shape index (κ2) is 7.20. The third kappa shape index (κ3) is 4.95. The van der Waals surface area contributed by atoms with Gasteiger partial charge in [0.1, 0.15) is 0 Å². The number of halogens is 1. The van der Waals surface area contributed by atoms with Crippen LogP contribution in [0, 0.1) is 0 Å². The molecule has 0 unspecified atom stereocenters. The van der Waals surface area contributed by atoms with Crippen molar-refractivity contribution < 1.29 is 8.42 Å². The number of nitrogens with one attached hydrogen (secondary N) is 1. The number of rotatable bonds is 6. The van der Waals surface area contributed by atoms with Crippen LogP contribution in [0.5, 0.6) is 0 Å². The highest BCUT2D eigenvalue weighted by molar-refractivity contribution is 9.10. The molecule has 2 aromatic rings. The van der Waals surface area contributed by atoms with Crippen LogP contribution in [0.1, 0.15) is 18.9 Å². The SMILES string of the molecule is C[C@H](CCc1ccccc1)NS(=O)(=O)c1cccc(Br)c1. The van der Waals surface area contributed by atoms with Gasteiger partial charge >= 0.3 is 0 Å². The molecule has 112 valence electrons. The van der Waals surface area contributed by atoms with Gasteiger partial charge in [-0.2, -0.15) is 0 Å². The van der Waals surface area contributed by atoms with Gasteiger partial charge in [-0.15, -0.1) is 0 Å². The molecule has 21 heavy (non-hydrogen) atoms. The molecule has 0 aromatic heterocycles. The van der Waals surface area contributed by atoms with Crippen molar-refractivity contribution in [3.8, 4) is 0 Å². The van der Waals surface area contributed by atoms with Crippen LogP contribution in [0.25, 0.3) is 0 Å². The molecule has 3 nitrogen and oxygen atoms in total. The van der Waals surface area contributed by atoms with Crippen LogP contribution >= 0.6 is 15.9 Å². The molecule has 0 heterocycles. The predicted octanol–water partition coefficient (Wildman–Crippen LogP) is 3.75. The van der Waals surface area contributed by atoms with Gasteiger partial charge in [0.25, 0.3) is 0 Å². The number of hydrogen-bond acceptors (Lipinski definition) is 2. The van der Waals surface area contributed by atoms with E-state index in [0.717, 1.165) is 17.3 Å². The lowest BCUT2D eigenvalue weighted by molar-refractivity contribution is 0.547. The number of hydrogen-bond donors (Lipinski definition) is 1. The fourth-order valence-electron chi connectivity index (χ4n) is 2.05. The highest BCUT2D eigenvalue weighted by atomic mass is 79.9. The summed E-state index contributed by atoms with van der Waals surface area (Å²) in [5.41, 5.74) is 1.21. The van der Waals surface area contributed by atoms with Gasteiger partial charge in [-0.05, 0) is 43.5 Å². The Balaban J connectivity index is 1.97. The first kappa shape index (κ1) is 16.2. The summed E-state index contributed by atoms with van der Waals surface area (Å²) in [6, 6.07) is 16.7. The summed E-state index contributed by atoms with van der Waals surface area (Å²) in [6.07, 6.45) is 1.61. The van der Waals surface area contributed by atoms with Gasteiger partial charge < -0.3 is 0 Å². The largest absolute Gasteiger partial charge is 0.240 e. The maximum Gasteiger partial charge on any atom is 0.240 e. The van der Waals surface area contributed by atoms with Gasteiger partial charge in [-0.3, -0.25) is 0 Å². The number of benzene rings is 2. The van der Waals surface area contributed by atoms with E-state index in [9.17, 15) is 8.42 Å². The Morgan fingerprint density at radius 1 is 1.10 bits per heavy atom. The van der Waals surface area contributed by atoms with E-state index < -0.39 is 10.0 Å². The van der Waals surface area contributed by atoms with Crippen LogP contribution in [0.2, 0.25) is 0 Å². The molecule has 0 bridgehead atoms. The zero-order valence-corrected chi connectivity index (χ0v) is 14.2. The van der Waals surface area contributed by atoms with Crippen molar-refractivity contribution in [1.29, 1.82) is 0 Å². The van der Waals surface area contributed by atoms with E-state index in [0.29, 0.717) is 0 Å². The van der Waals surface area contributed by atoms with Crippen LogP contribution in [0.3, 0.4) is 0 Å². The topological polar surface area (TPSA) is 46.2 Å². The van der Waals surface area contributed by atoms with E-state index in [1.807, 2.05) is 25.1 Å². The van der Waals surface area contributed by atoms with Crippen molar-refractivity contribution in [1.82, 2.24) is 4.72 Å². The summed E-state index contributed by atoms with van der Waals surface area (Å²) >= 11 is 3.29. The first-order valence-electron chi connectivity index (χ1n) is 6.79. The Bertz CT molecular complexity index is 686. The predicted molar refractivity (Wildman–Crippen MR) is 88.7 cm³/mol. The second-order valence-corrected chi connectivity index (χ2v) is 7.63. The first-order valence-corrected chi connectivity index (χ1v) is 9.07. The van der Waals surface area contributed by atoms with E-state index in [4.69, 9.17) is 0 Å². The summed E-state index contributed by atoms with van der Waals surface area (Å²) in [4.78, 5) is 0.281. The highest BCUT2D eigenvalue weighted by Gasteiger charge is 2.17. The third-order valence-corrected chi connectivity index (χ3v) is 5.25. The van der Waals surface area contributed by atoms with Crippen molar-refractivity contribution in [2.75, 3.05) is 0 Å². The molecule has 1 N–H and O–H groups in total. The van der Waals surface area contributed by atoms with Crippen molar-refractivity contribution in [2.24, 2.45) is 0 Å². The van der Waals surface area contributed by atoms with Crippen LogP contribution in [-0.2, 0) is 16.4 Å². The fraction of sp³-hybridized carbons (Fsp3) is 0.250. The lowest BCUT2D eigenvalue weighted by Crippen LogP contribution is -2.32. The molecule has 0 saturated carbocycles. The van der Waals surface area contributed by atoms with E-state index >= 15 is 0 Å². The van der Waals surface area contributed by atoms with E-state index in [1.165, 1.54) is 5.56 Å². The van der Waals surface area contributed by atoms with Gasteiger partial charge in [0.15, 0.2) is 0 Å². The Morgan fingerprint density at radius 3 is 2.48 bits per heavy atom. The lowest BCUT2D eigenvalue weighted by Gasteiger charge is -2.14. The quantitative estimate of drug-likeness (QED) is 0.844. The van der Waals surface area contributed by atoms with Crippen LogP contribution in [0.15, 0.2) is 64.0 Å². The molecule has 0 amide bonds. The smallest absolute Gasteiger partial charge is 0.208 e. The molecule has 0 aliphatic heterocycles. The van der Waals surface area contributed by atoms with E-state index in [1.54, 1.807) is 24.3 Å². The van der Waals surface area contributed by atoms with Crippen molar-refractivity contribution >= 4 is 26.0 Å². The summed E-state index contributed by atoms with van der Waals surface area (Å²) in [5, 5.41) is 0. The van der Waals surface area contributed by atoms with E-state index in [-0.39, 0.29) is 10.9 Å². The van der Waals surface area contributed by atoms with Crippen LogP contribution in [0.4, 0.5) is 0 Å². The molecular formula is C16H18BrNO2S. The third-order valence-electron chi connectivity index (χ3n) is 3.17. The molecule has 0 fully saturated rings. The van der Waals surface area contributed by atoms with Gasteiger partial charge in [-0.1, -0.05) is 52.3 Å². The summed E-state index contributed by atoms with van der Waals surface area (Å²) in [5.74, 6) is 0. The van der Waals surface area contributed by atoms with Crippen LogP contribution < -0.4 is 4.72 Å². The van der Waals surface area contributed by atoms with Gasteiger partial charge in [-0.25, -0.2) is 13.1 Å². The molecule has 0 radical (unpaired) electrons. The minimum Gasteiger partial charge on any atom is -0.208 e. The number of aryl methyl sites for hydroxylation is 1. The lowest BCUT2D eigenvalue weighted by atomic mass is 10.1. The van der Waals surface area contributed by atoms with E-state index in [2.05, 4.69) is 32.8 Å². The van der Waals surface area contributed by atoms with Crippen molar-refractivity contribution in [3.63, 3.8) is 0 Å². The molecule has 2 rings (SSSR count). The van der Waals surface area contributed by atoms with Gasteiger partial charge in [0.05, 0.1) is 4.90 Å². The van der Waals surface area contributed by atoms with Crippen molar-refractivity contribution in [2.45, 2.75) is 30.7 Å². The summed E-state index contributed by atoms with van der Waals surface area (Å²) in [6.45, 7) is 1.89. The minimum atomic E-state index is -3.47. The van der Waals surface area contributed by atoms with Gasteiger partial charge in [0, 0.05) is 10.5 Å². The molecule has 0 spiro atoms. The van der Waals surface area contributed by atoms with Gasteiger partial charge in [0.2, 0.25) is 10.0 Å². The molecule has 0 saturated heterocycles. The molecule has 0 aliphatic carbocycles. The average molecular weight is 368 g/mol. The minimum absolute atomic E-state index is 0.116. The Labute approximate surface area is 134 Å². The summed E-state index contributed by atoms with van der Waals surface area (Å²) in [7, 11) is -3.47. The normalized spacial score (nSPS) is 13.0. The first-order chi connectivity index (χ1) is 9.97. The zero-order valence-electron chi connectivity index (χ0n) is 11.8. The molecule has 1 atom stereocenters. The Morgan fingerprint density at radius 2 is 1.81 bits per heavy atom. The highest BCUT2D eigenvalue weighted by Crippen LogP contribution is 2.16. The Hall–Kier alpha value is -1.17. The summed E-state index contributed by atoms with van der Waals surface area (Å²) < 4.78 is 28.0. The standard InChI is InChI=1S/C16H18BrNO2S/c1-13(10-11-14-6-3-2-4-7-14)18-21(19,20)16-9-5-8-15(17)12-16/h2-9,12-13,18H,10-11H2,1H3/t13-/m1/s1. The maximum atomic E-state index is 12.3. The molecule has 2 aromatic carbocycles. The molecular weight excluding hydrogens is 350 g/mol. The van der Waals surface area contributed by atoms with Crippen LogP contribution in [-0.4, -0.2) is 14.5 Å². The Kier molecular flexibility index (Phi) is 5.56. The maximum absolute atomic E-state index is 12.3.